The Kier molecular flexibility index (Phi) is 3.72. The Morgan fingerprint density at radius 2 is 1.44 bits per heavy atom. The lowest BCUT2D eigenvalue weighted by Crippen LogP contribution is -1.96. The minimum Gasteiger partial charge on any atom is -0.496 e. The number of ether oxygens (including phenoxy) is 2. The zero-order valence-corrected chi connectivity index (χ0v) is 10.9. The van der Waals surface area contributed by atoms with E-state index in [4.69, 9.17) is 9.47 Å². The molecule has 0 aliphatic heterocycles. The van der Waals surface area contributed by atoms with Gasteiger partial charge in [-0.25, -0.2) is 0 Å². The number of hydrogen-bond acceptors (Lipinski definition) is 3. The molecular formula is C15H17NO2. The fraction of sp³-hybridized carbons (Fsp3) is 0.200. The molecule has 0 saturated carbocycles. The number of para-hydroxylation sites is 1. The highest BCUT2D eigenvalue weighted by Crippen LogP contribution is 2.41. The molecule has 1 N–H and O–H groups in total. The van der Waals surface area contributed by atoms with Gasteiger partial charge in [-0.1, -0.05) is 24.3 Å². The van der Waals surface area contributed by atoms with Crippen molar-refractivity contribution in [3.8, 4) is 22.6 Å². The monoisotopic (exact) mass is 243 g/mol. The van der Waals surface area contributed by atoms with E-state index in [-0.39, 0.29) is 0 Å². The average Bonchev–Trinajstić information content (AvgIpc) is 2.46. The molecule has 0 aromatic heterocycles. The Hall–Kier alpha value is -2.16. The van der Waals surface area contributed by atoms with Crippen LogP contribution in [0.5, 0.6) is 11.5 Å². The lowest BCUT2D eigenvalue weighted by atomic mass is 10.0. The number of methoxy groups -OCH3 is 2. The highest BCUT2D eigenvalue weighted by atomic mass is 16.5. The highest BCUT2D eigenvalue weighted by Gasteiger charge is 2.14. The Balaban J connectivity index is 2.68. The van der Waals surface area contributed by atoms with Gasteiger partial charge in [0.25, 0.3) is 0 Å². The number of anilines is 1. The molecule has 3 heteroatoms. The van der Waals surface area contributed by atoms with E-state index in [1.807, 2.05) is 49.5 Å². The topological polar surface area (TPSA) is 30.5 Å². The first-order chi connectivity index (χ1) is 8.81. The van der Waals surface area contributed by atoms with Gasteiger partial charge in [-0.2, -0.15) is 0 Å². The van der Waals surface area contributed by atoms with Crippen LogP contribution in [-0.4, -0.2) is 21.3 Å². The largest absolute Gasteiger partial charge is 0.496 e. The summed E-state index contributed by atoms with van der Waals surface area (Å²) in [6.07, 6.45) is 0. The molecule has 18 heavy (non-hydrogen) atoms. The van der Waals surface area contributed by atoms with Crippen LogP contribution < -0.4 is 14.8 Å². The zero-order valence-electron chi connectivity index (χ0n) is 10.9. The van der Waals surface area contributed by atoms with Gasteiger partial charge in [0.05, 0.1) is 19.8 Å². The average molecular weight is 243 g/mol. The molecule has 0 aliphatic rings. The molecule has 0 heterocycles. The van der Waals surface area contributed by atoms with E-state index in [0.29, 0.717) is 0 Å². The summed E-state index contributed by atoms with van der Waals surface area (Å²) in [5, 5.41) is 3.19. The molecule has 94 valence electrons. The third-order valence-electron chi connectivity index (χ3n) is 2.89. The first kappa shape index (κ1) is 12.3. The second kappa shape index (κ2) is 5.45. The molecule has 2 aromatic carbocycles. The van der Waals surface area contributed by atoms with E-state index in [2.05, 4.69) is 5.32 Å². The van der Waals surface area contributed by atoms with Gasteiger partial charge >= 0.3 is 0 Å². The van der Waals surface area contributed by atoms with Gasteiger partial charge in [-0.05, 0) is 18.2 Å². The minimum atomic E-state index is 0.803. The molecule has 0 amide bonds. The van der Waals surface area contributed by atoms with Crippen LogP contribution in [0.4, 0.5) is 5.69 Å². The summed E-state index contributed by atoms with van der Waals surface area (Å²) in [6, 6.07) is 13.9. The fourth-order valence-electron chi connectivity index (χ4n) is 2.04. The lowest BCUT2D eigenvalue weighted by Gasteiger charge is -2.16. The quantitative estimate of drug-likeness (QED) is 0.892. The van der Waals surface area contributed by atoms with Crippen LogP contribution in [0.1, 0.15) is 0 Å². The number of benzene rings is 2. The van der Waals surface area contributed by atoms with Crippen molar-refractivity contribution in [2.24, 2.45) is 0 Å². The van der Waals surface area contributed by atoms with E-state index < -0.39 is 0 Å². The summed E-state index contributed by atoms with van der Waals surface area (Å²) >= 11 is 0. The second-order valence-electron chi connectivity index (χ2n) is 3.83. The summed E-state index contributed by atoms with van der Waals surface area (Å²) in [5.74, 6) is 1.61. The van der Waals surface area contributed by atoms with Crippen LogP contribution in [0, 0.1) is 0 Å². The van der Waals surface area contributed by atoms with Crippen molar-refractivity contribution >= 4 is 5.69 Å². The van der Waals surface area contributed by atoms with E-state index in [9.17, 15) is 0 Å². The van der Waals surface area contributed by atoms with Crippen molar-refractivity contribution in [2.75, 3.05) is 26.6 Å². The van der Waals surface area contributed by atoms with Crippen molar-refractivity contribution in [1.82, 2.24) is 0 Å². The van der Waals surface area contributed by atoms with E-state index in [1.165, 1.54) is 0 Å². The van der Waals surface area contributed by atoms with Gasteiger partial charge < -0.3 is 14.8 Å². The highest BCUT2D eigenvalue weighted by molar-refractivity contribution is 5.85. The molecule has 0 spiro atoms. The summed E-state index contributed by atoms with van der Waals surface area (Å²) < 4.78 is 10.9. The van der Waals surface area contributed by atoms with Gasteiger partial charge in [0.15, 0.2) is 0 Å². The van der Waals surface area contributed by atoms with Crippen molar-refractivity contribution < 1.29 is 9.47 Å². The number of hydrogen-bond donors (Lipinski definition) is 1. The zero-order chi connectivity index (χ0) is 13.0. The molecule has 0 atom stereocenters. The van der Waals surface area contributed by atoms with Gasteiger partial charge in [0.2, 0.25) is 0 Å². The molecule has 0 radical (unpaired) electrons. The molecular weight excluding hydrogens is 226 g/mol. The molecule has 0 bridgehead atoms. The van der Waals surface area contributed by atoms with Gasteiger partial charge in [-0.3, -0.25) is 0 Å². The Morgan fingerprint density at radius 1 is 0.833 bits per heavy atom. The smallest absolute Gasteiger partial charge is 0.130 e. The first-order valence-corrected chi connectivity index (χ1v) is 5.80. The molecule has 0 unspecified atom stereocenters. The van der Waals surface area contributed by atoms with Gasteiger partial charge in [0.1, 0.15) is 11.5 Å². The van der Waals surface area contributed by atoms with Crippen LogP contribution in [0.15, 0.2) is 42.5 Å². The Morgan fingerprint density at radius 3 is 2.00 bits per heavy atom. The standard InChI is InChI=1S/C15H17NO2/c1-16-12-8-5-4-7-11(12)15-13(17-2)9-6-10-14(15)18-3/h4-10,16H,1-3H3. The second-order valence-corrected chi connectivity index (χ2v) is 3.83. The molecule has 0 fully saturated rings. The fourth-order valence-corrected chi connectivity index (χ4v) is 2.04. The minimum absolute atomic E-state index is 0.803. The van der Waals surface area contributed by atoms with E-state index in [1.54, 1.807) is 14.2 Å². The van der Waals surface area contributed by atoms with Crippen LogP contribution in [0.3, 0.4) is 0 Å². The summed E-state index contributed by atoms with van der Waals surface area (Å²) in [5.41, 5.74) is 3.07. The maximum absolute atomic E-state index is 5.43. The third kappa shape index (κ3) is 2.12. The molecule has 3 nitrogen and oxygen atoms in total. The lowest BCUT2D eigenvalue weighted by molar-refractivity contribution is 0.397. The van der Waals surface area contributed by atoms with Crippen LogP contribution in [0.25, 0.3) is 11.1 Å². The van der Waals surface area contributed by atoms with Crippen LogP contribution in [0.2, 0.25) is 0 Å². The van der Waals surface area contributed by atoms with Crippen molar-refractivity contribution in [1.29, 1.82) is 0 Å². The van der Waals surface area contributed by atoms with Crippen molar-refractivity contribution in [3.63, 3.8) is 0 Å². The maximum atomic E-state index is 5.43. The van der Waals surface area contributed by atoms with Crippen LogP contribution >= 0.6 is 0 Å². The molecule has 2 rings (SSSR count). The third-order valence-corrected chi connectivity index (χ3v) is 2.89. The maximum Gasteiger partial charge on any atom is 0.130 e. The molecule has 0 aliphatic carbocycles. The predicted molar refractivity (Wildman–Crippen MR) is 74.5 cm³/mol. The molecule has 2 aromatic rings. The number of rotatable bonds is 4. The SMILES string of the molecule is CNc1ccccc1-c1c(OC)cccc1OC. The summed E-state index contributed by atoms with van der Waals surface area (Å²) in [6.45, 7) is 0. The van der Waals surface area contributed by atoms with E-state index in [0.717, 1.165) is 28.3 Å². The van der Waals surface area contributed by atoms with Gasteiger partial charge in [0, 0.05) is 18.3 Å². The number of nitrogens with one attached hydrogen (secondary N) is 1. The van der Waals surface area contributed by atoms with E-state index >= 15 is 0 Å². The first-order valence-electron chi connectivity index (χ1n) is 5.80. The summed E-state index contributed by atoms with van der Waals surface area (Å²) in [4.78, 5) is 0. The Bertz CT molecular complexity index is 516. The van der Waals surface area contributed by atoms with Gasteiger partial charge in [-0.15, -0.1) is 0 Å². The van der Waals surface area contributed by atoms with Crippen LogP contribution in [-0.2, 0) is 0 Å². The molecule has 0 saturated heterocycles. The van der Waals surface area contributed by atoms with Crippen molar-refractivity contribution in [2.45, 2.75) is 0 Å². The predicted octanol–water partition coefficient (Wildman–Crippen LogP) is 3.41. The van der Waals surface area contributed by atoms with Crippen molar-refractivity contribution in [3.05, 3.63) is 42.5 Å². The Labute approximate surface area is 107 Å². The summed E-state index contributed by atoms with van der Waals surface area (Å²) in [7, 11) is 5.24. The normalized spacial score (nSPS) is 9.94.